The van der Waals surface area contributed by atoms with Crippen molar-refractivity contribution in [3.63, 3.8) is 0 Å². The van der Waals surface area contributed by atoms with Gasteiger partial charge in [-0.3, -0.25) is 4.79 Å². The molecule has 146 valence electrons. The lowest BCUT2D eigenvalue weighted by atomic mass is 10.1. The molecule has 0 radical (unpaired) electrons. The summed E-state index contributed by atoms with van der Waals surface area (Å²) in [6.45, 7) is 1.71. The summed E-state index contributed by atoms with van der Waals surface area (Å²) in [5.41, 5.74) is 1.34. The first-order valence-corrected chi connectivity index (χ1v) is 8.42. The lowest BCUT2D eigenvalue weighted by molar-refractivity contribution is -0.121. The standard InChI is InChI=1S/C20H23F2NO4/c1-12(14-6-7-15(21)16(22)11-14)23-19(24)8-5-13-9-17(25-2)20(27-4)18(10-13)26-3/h6-7,9-12H,5,8H2,1-4H3,(H,23,24). The number of benzene rings is 2. The summed E-state index contributed by atoms with van der Waals surface area (Å²) in [5, 5.41) is 2.78. The van der Waals surface area contributed by atoms with E-state index in [1.54, 1.807) is 19.1 Å². The first-order valence-electron chi connectivity index (χ1n) is 8.42. The number of hydrogen-bond acceptors (Lipinski definition) is 4. The van der Waals surface area contributed by atoms with Crippen LogP contribution in [0.5, 0.6) is 17.2 Å². The molecule has 5 nitrogen and oxygen atoms in total. The van der Waals surface area contributed by atoms with Crippen molar-refractivity contribution in [2.45, 2.75) is 25.8 Å². The number of carbonyl (C=O) groups is 1. The number of nitrogens with one attached hydrogen (secondary N) is 1. The summed E-state index contributed by atoms with van der Waals surface area (Å²) in [4.78, 5) is 12.2. The molecule has 1 unspecified atom stereocenters. The second-order valence-corrected chi connectivity index (χ2v) is 6.00. The normalized spacial score (nSPS) is 11.6. The predicted octanol–water partition coefficient (Wildman–Crippen LogP) is 3.80. The Kier molecular flexibility index (Phi) is 6.98. The molecule has 0 aromatic heterocycles. The maximum absolute atomic E-state index is 13.3. The van der Waals surface area contributed by atoms with Gasteiger partial charge in [-0.15, -0.1) is 0 Å². The Morgan fingerprint density at radius 3 is 2.15 bits per heavy atom. The van der Waals surface area contributed by atoms with Gasteiger partial charge in [0.2, 0.25) is 11.7 Å². The fourth-order valence-corrected chi connectivity index (χ4v) is 2.72. The van der Waals surface area contributed by atoms with E-state index in [1.165, 1.54) is 27.4 Å². The Labute approximate surface area is 157 Å². The van der Waals surface area contributed by atoms with Crippen LogP contribution in [0.2, 0.25) is 0 Å². The highest BCUT2D eigenvalue weighted by Crippen LogP contribution is 2.38. The molecule has 0 saturated carbocycles. The van der Waals surface area contributed by atoms with E-state index in [1.807, 2.05) is 0 Å². The van der Waals surface area contributed by atoms with E-state index in [0.29, 0.717) is 29.2 Å². The molecular formula is C20H23F2NO4. The molecule has 2 aromatic rings. The minimum atomic E-state index is -0.939. The minimum absolute atomic E-state index is 0.207. The second kappa shape index (κ2) is 9.21. The Morgan fingerprint density at radius 1 is 1.00 bits per heavy atom. The molecule has 0 heterocycles. The summed E-state index contributed by atoms with van der Waals surface area (Å²) in [7, 11) is 4.57. The molecule has 0 fully saturated rings. The van der Waals surface area contributed by atoms with Gasteiger partial charge in [-0.25, -0.2) is 8.78 Å². The number of amides is 1. The number of halogens is 2. The topological polar surface area (TPSA) is 56.8 Å². The first kappa shape index (κ1) is 20.5. The molecule has 0 aliphatic heterocycles. The highest BCUT2D eigenvalue weighted by Gasteiger charge is 2.15. The van der Waals surface area contributed by atoms with Gasteiger partial charge in [-0.05, 0) is 48.7 Å². The molecule has 7 heteroatoms. The predicted molar refractivity (Wildman–Crippen MR) is 97.3 cm³/mol. The number of carbonyl (C=O) groups excluding carboxylic acids is 1. The third kappa shape index (κ3) is 5.09. The zero-order chi connectivity index (χ0) is 20.0. The van der Waals surface area contributed by atoms with E-state index in [-0.39, 0.29) is 12.3 Å². The molecule has 0 bridgehead atoms. The van der Waals surface area contributed by atoms with Crippen LogP contribution in [0, 0.1) is 11.6 Å². The van der Waals surface area contributed by atoms with Crippen LogP contribution in [-0.2, 0) is 11.2 Å². The molecule has 0 spiro atoms. The molecule has 0 saturated heterocycles. The van der Waals surface area contributed by atoms with Crippen LogP contribution < -0.4 is 19.5 Å². The SMILES string of the molecule is COc1cc(CCC(=O)NC(C)c2ccc(F)c(F)c2)cc(OC)c1OC. The highest BCUT2D eigenvalue weighted by atomic mass is 19.2. The lowest BCUT2D eigenvalue weighted by Crippen LogP contribution is -2.27. The third-order valence-electron chi connectivity index (χ3n) is 4.19. The van der Waals surface area contributed by atoms with Crippen molar-refractivity contribution in [2.75, 3.05) is 21.3 Å². The molecule has 0 aliphatic rings. The molecule has 1 N–H and O–H groups in total. The summed E-state index contributed by atoms with van der Waals surface area (Å²) in [6, 6.07) is 6.71. The van der Waals surface area contributed by atoms with Crippen LogP contribution in [0.25, 0.3) is 0 Å². The van der Waals surface area contributed by atoms with Gasteiger partial charge < -0.3 is 19.5 Å². The average molecular weight is 379 g/mol. The molecule has 2 rings (SSSR count). The Hall–Kier alpha value is -2.83. The monoisotopic (exact) mass is 379 g/mol. The van der Waals surface area contributed by atoms with Crippen LogP contribution in [0.1, 0.15) is 30.5 Å². The van der Waals surface area contributed by atoms with Gasteiger partial charge >= 0.3 is 0 Å². The molecule has 1 atom stereocenters. The van der Waals surface area contributed by atoms with Crippen LogP contribution in [0.15, 0.2) is 30.3 Å². The van der Waals surface area contributed by atoms with Crippen LogP contribution >= 0.6 is 0 Å². The van der Waals surface area contributed by atoms with Crippen molar-refractivity contribution in [1.29, 1.82) is 0 Å². The van der Waals surface area contributed by atoms with E-state index in [4.69, 9.17) is 14.2 Å². The van der Waals surface area contributed by atoms with Crippen LogP contribution in [0.3, 0.4) is 0 Å². The van der Waals surface area contributed by atoms with Crippen molar-refractivity contribution in [3.05, 3.63) is 53.1 Å². The van der Waals surface area contributed by atoms with E-state index in [0.717, 1.165) is 17.7 Å². The molecule has 1 amide bonds. The Balaban J connectivity index is 2.01. The summed E-state index contributed by atoms with van der Waals surface area (Å²) in [6.07, 6.45) is 0.666. The van der Waals surface area contributed by atoms with E-state index >= 15 is 0 Å². The van der Waals surface area contributed by atoms with E-state index < -0.39 is 17.7 Å². The fourth-order valence-electron chi connectivity index (χ4n) is 2.72. The number of rotatable bonds is 8. The second-order valence-electron chi connectivity index (χ2n) is 6.00. The maximum Gasteiger partial charge on any atom is 0.220 e. The number of hydrogen-bond donors (Lipinski definition) is 1. The number of ether oxygens (including phenoxy) is 3. The molecule has 2 aromatic carbocycles. The molecule has 0 aliphatic carbocycles. The highest BCUT2D eigenvalue weighted by molar-refractivity contribution is 5.76. The Bertz CT molecular complexity index is 786. The first-order chi connectivity index (χ1) is 12.9. The van der Waals surface area contributed by atoms with Gasteiger partial charge in [-0.1, -0.05) is 6.07 Å². The molecular weight excluding hydrogens is 356 g/mol. The quantitative estimate of drug-likeness (QED) is 0.758. The summed E-state index contributed by atoms with van der Waals surface area (Å²) < 4.78 is 42.2. The zero-order valence-electron chi connectivity index (χ0n) is 15.8. The van der Waals surface area contributed by atoms with Crippen molar-refractivity contribution in [1.82, 2.24) is 5.32 Å². The summed E-state index contributed by atoms with van der Waals surface area (Å²) >= 11 is 0. The van der Waals surface area contributed by atoms with Gasteiger partial charge in [0, 0.05) is 6.42 Å². The number of aryl methyl sites for hydroxylation is 1. The van der Waals surface area contributed by atoms with Crippen molar-refractivity contribution >= 4 is 5.91 Å². The van der Waals surface area contributed by atoms with Crippen molar-refractivity contribution < 1.29 is 27.8 Å². The van der Waals surface area contributed by atoms with E-state index in [9.17, 15) is 13.6 Å². The van der Waals surface area contributed by atoms with Crippen molar-refractivity contribution in [2.24, 2.45) is 0 Å². The van der Waals surface area contributed by atoms with Gasteiger partial charge in [0.25, 0.3) is 0 Å². The molecule has 27 heavy (non-hydrogen) atoms. The van der Waals surface area contributed by atoms with Gasteiger partial charge in [0.15, 0.2) is 23.1 Å². The van der Waals surface area contributed by atoms with Gasteiger partial charge in [0.1, 0.15) is 0 Å². The van der Waals surface area contributed by atoms with Crippen LogP contribution in [0.4, 0.5) is 8.78 Å². The third-order valence-corrected chi connectivity index (χ3v) is 4.19. The lowest BCUT2D eigenvalue weighted by Gasteiger charge is -2.16. The van der Waals surface area contributed by atoms with Crippen molar-refractivity contribution in [3.8, 4) is 17.2 Å². The van der Waals surface area contributed by atoms with E-state index in [2.05, 4.69) is 5.32 Å². The van der Waals surface area contributed by atoms with Gasteiger partial charge in [0.05, 0.1) is 27.4 Å². The fraction of sp³-hybridized carbons (Fsp3) is 0.350. The smallest absolute Gasteiger partial charge is 0.220 e. The number of methoxy groups -OCH3 is 3. The van der Waals surface area contributed by atoms with Crippen LogP contribution in [-0.4, -0.2) is 27.2 Å². The largest absolute Gasteiger partial charge is 0.493 e. The summed E-state index contributed by atoms with van der Waals surface area (Å²) in [5.74, 6) is -0.545. The Morgan fingerprint density at radius 2 is 1.63 bits per heavy atom. The maximum atomic E-state index is 13.3. The van der Waals surface area contributed by atoms with Gasteiger partial charge in [-0.2, -0.15) is 0 Å². The zero-order valence-corrected chi connectivity index (χ0v) is 15.8. The minimum Gasteiger partial charge on any atom is -0.493 e. The average Bonchev–Trinajstić information content (AvgIpc) is 2.67.